The van der Waals surface area contributed by atoms with Gasteiger partial charge in [0.2, 0.25) is 5.88 Å². The molecule has 4 nitrogen and oxygen atoms in total. The summed E-state index contributed by atoms with van der Waals surface area (Å²) in [4.78, 5) is 0. The van der Waals surface area contributed by atoms with E-state index < -0.39 is 6.17 Å². The standard InChI is InChI=1S/C12H13FN2O2/c1-7(13)8-4-3-5-9(11(8)16-2)10-6-15-17-12(10)14/h3-7H,14H2,1-2H3. The van der Waals surface area contributed by atoms with Gasteiger partial charge in [-0.2, -0.15) is 0 Å². The van der Waals surface area contributed by atoms with Crippen molar-refractivity contribution in [3.05, 3.63) is 30.0 Å². The Labute approximate surface area is 98.2 Å². The second kappa shape index (κ2) is 4.45. The Kier molecular flexibility index (Phi) is 2.99. The minimum atomic E-state index is -1.12. The van der Waals surface area contributed by atoms with Gasteiger partial charge >= 0.3 is 0 Å². The van der Waals surface area contributed by atoms with E-state index in [0.29, 0.717) is 22.4 Å². The SMILES string of the molecule is COc1c(-c2cnoc2N)cccc1C(C)F. The third kappa shape index (κ3) is 1.95. The lowest BCUT2D eigenvalue weighted by molar-refractivity contribution is 0.347. The topological polar surface area (TPSA) is 61.3 Å². The Hall–Kier alpha value is -2.04. The minimum absolute atomic E-state index is 0.187. The van der Waals surface area contributed by atoms with Crippen LogP contribution in [0.15, 0.2) is 28.9 Å². The number of halogens is 1. The van der Waals surface area contributed by atoms with Crippen molar-refractivity contribution in [3.8, 4) is 16.9 Å². The maximum absolute atomic E-state index is 13.5. The smallest absolute Gasteiger partial charge is 0.230 e. The molecule has 2 aromatic rings. The zero-order valence-corrected chi connectivity index (χ0v) is 9.61. The van der Waals surface area contributed by atoms with Crippen molar-refractivity contribution < 1.29 is 13.7 Å². The highest BCUT2D eigenvalue weighted by atomic mass is 19.1. The molecule has 1 unspecified atom stereocenters. The van der Waals surface area contributed by atoms with Crippen LogP contribution in [0.3, 0.4) is 0 Å². The Morgan fingerprint density at radius 3 is 2.71 bits per heavy atom. The number of nitrogen functional groups attached to an aromatic ring is 1. The van der Waals surface area contributed by atoms with Gasteiger partial charge in [0, 0.05) is 11.1 Å². The van der Waals surface area contributed by atoms with Crippen LogP contribution in [-0.2, 0) is 0 Å². The number of rotatable bonds is 3. The van der Waals surface area contributed by atoms with Crippen LogP contribution in [0.4, 0.5) is 10.3 Å². The van der Waals surface area contributed by atoms with E-state index in [4.69, 9.17) is 15.0 Å². The van der Waals surface area contributed by atoms with Gasteiger partial charge < -0.3 is 15.0 Å². The molecule has 0 amide bonds. The van der Waals surface area contributed by atoms with Crippen molar-refractivity contribution in [2.24, 2.45) is 0 Å². The molecule has 0 aliphatic rings. The van der Waals surface area contributed by atoms with Crippen LogP contribution >= 0.6 is 0 Å². The van der Waals surface area contributed by atoms with Gasteiger partial charge in [-0.05, 0) is 6.92 Å². The molecule has 0 saturated heterocycles. The molecule has 0 saturated carbocycles. The average Bonchev–Trinajstić information content (AvgIpc) is 2.74. The Morgan fingerprint density at radius 2 is 2.18 bits per heavy atom. The first-order valence-electron chi connectivity index (χ1n) is 5.16. The maximum Gasteiger partial charge on any atom is 0.230 e. The quantitative estimate of drug-likeness (QED) is 0.889. The van der Waals surface area contributed by atoms with Crippen LogP contribution in [0.25, 0.3) is 11.1 Å². The summed E-state index contributed by atoms with van der Waals surface area (Å²) in [5, 5.41) is 3.60. The second-order valence-corrected chi connectivity index (χ2v) is 3.65. The van der Waals surface area contributed by atoms with Gasteiger partial charge in [-0.25, -0.2) is 4.39 Å². The number of nitrogens with two attached hydrogens (primary N) is 1. The third-order valence-corrected chi connectivity index (χ3v) is 2.57. The highest BCUT2D eigenvalue weighted by Crippen LogP contribution is 2.39. The fraction of sp³-hybridized carbons (Fsp3) is 0.250. The van der Waals surface area contributed by atoms with E-state index in [1.54, 1.807) is 18.2 Å². The van der Waals surface area contributed by atoms with Gasteiger partial charge in [0.25, 0.3) is 0 Å². The molecule has 1 atom stereocenters. The van der Waals surface area contributed by atoms with Crippen molar-refractivity contribution in [2.45, 2.75) is 13.1 Å². The molecule has 1 aromatic heterocycles. The molecular weight excluding hydrogens is 223 g/mol. The number of methoxy groups -OCH3 is 1. The number of para-hydroxylation sites is 1. The van der Waals surface area contributed by atoms with E-state index in [-0.39, 0.29) is 5.88 Å². The molecule has 1 aromatic carbocycles. The molecule has 2 N–H and O–H groups in total. The van der Waals surface area contributed by atoms with Crippen LogP contribution in [0.5, 0.6) is 5.75 Å². The van der Waals surface area contributed by atoms with Crippen LogP contribution in [-0.4, -0.2) is 12.3 Å². The maximum atomic E-state index is 13.5. The summed E-state index contributed by atoms with van der Waals surface area (Å²) in [5.74, 6) is 0.643. The predicted molar refractivity (Wildman–Crippen MR) is 62.4 cm³/mol. The summed E-state index contributed by atoms with van der Waals surface area (Å²) in [6, 6.07) is 5.21. The molecule has 0 aliphatic carbocycles. The lowest BCUT2D eigenvalue weighted by Gasteiger charge is -2.13. The molecule has 0 bridgehead atoms. The molecule has 5 heteroatoms. The molecule has 17 heavy (non-hydrogen) atoms. The first-order valence-corrected chi connectivity index (χ1v) is 5.16. The van der Waals surface area contributed by atoms with Gasteiger partial charge in [0.1, 0.15) is 11.9 Å². The third-order valence-electron chi connectivity index (χ3n) is 2.57. The number of alkyl halides is 1. The van der Waals surface area contributed by atoms with E-state index in [1.165, 1.54) is 20.2 Å². The van der Waals surface area contributed by atoms with Crippen LogP contribution < -0.4 is 10.5 Å². The molecule has 0 spiro atoms. The summed E-state index contributed by atoms with van der Waals surface area (Å²) in [6.45, 7) is 1.46. The predicted octanol–water partition coefficient (Wildman–Crippen LogP) is 2.96. The van der Waals surface area contributed by atoms with E-state index in [0.717, 1.165) is 0 Å². The molecule has 0 radical (unpaired) electrons. The van der Waals surface area contributed by atoms with Crippen molar-refractivity contribution in [2.75, 3.05) is 12.8 Å². The number of nitrogens with zero attached hydrogens (tertiary/aromatic N) is 1. The highest BCUT2D eigenvalue weighted by Gasteiger charge is 2.18. The number of hydrogen-bond acceptors (Lipinski definition) is 4. The zero-order chi connectivity index (χ0) is 12.4. The summed E-state index contributed by atoms with van der Waals surface area (Å²) < 4.78 is 23.5. The first-order chi connectivity index (χ1) is 8.15. The van der Waals surface area contributed by atoms with Crippen LogP contribution in [0.1, 0.15) is 18.7 Å². The average molecular weight is 236 g/mol. The molecule has 0 fully saturated rings. The van der Waals surface area contributed by atoms with E-state index in [2.05, 4.69) is 5.16 Å². The van der Waals surface area contributed by atoms with Crippen molar-refractivity contribution in [1.82, 2.24) is 5.16 Å². The van der Waals surface area contributed by atoms with Crippen molar-refractivity contribution in [1.29, 1.82) is 0 Å². The van der Waals surface area contributed by atoms with Gasteiger partial charge in [0.15, 0.2) is 0 Å². The summed E-state index contributed by atoms with van der Waals surface area (Å²) >= 11 is 0. The van der Waals surface area contributed by atoms with Crippen LogP contribution in [0, 0.1) is 0 Å². The zero-order valence-electron chi connectivity index (χ0n) is 9.61. The number of hydrogen-bond donors (Lipinski definition) is 1. The molecular formula is C12H13FN2O2. The monoisotopic (exact) mass is 236 g/mol. The molecule has 2 rings (SSSR count). The highest BCUT2D eigenvalue weighted by molar-refractivity contribution is 5.78. The second-order valence-electron chi connectivity index (χ2n) is 3.65. The number of ether oxygens (including phenoxy) is 1. The van der Waals surface area contributed by atoms with E-state index >= 15 is 0 Å². The Bertz CT molecular complexity index is 523. The lowest BCUT2D eigenvalue weighted by Crippen LogP contribution is -1.96. The number of aromatic nitrogens is 1. The summed E-state index contributed by atoms with van der Waals surface area (Å²) in [7, 11) is 1.49. The van der Waals surface area contributed by atoms with Gasteiger partial charge in [-0.15, -0.1) is 0 Å². The largest absolute Gasteiger partial charge is 0.496 e. The van der Waals surface area contributed by atoms with Gasteiger partial charge in [0.05, 0.1) is 18.9 Å². The molecule has 1 heterocycles. The van der Waals surface area contributed by atoms with Gasteiger partial charge in [-0.3, -0.25) is 0 Å². The molecule has 90 valence electrons. The lowest BCUT2D eigenvalue weighted by atomic mass is 10.0. The summed E-state index contributed by atoms with van der Waals surface area (Å²) in [5.41, 5.74) is 7.40. The minimum Gasteiger partial charge on any atom is -0.496 e. The Morgan fingerprint density at radius 1 is 1.41 bits per heavy atom. The summed E-state index contributed by atoms with van der Waals surface area (Å²) in [6.07, 6.45) is 0.367. The fourth-order valence-electron chi connectivity index (χ4n) is 1.76. The van der Waals surface area contributed by atoms with Crippen molar-refractivity contribution >= 4 is 5.88 Å². The number of anilines is 1. The molecule has 0 aliphatic heterocycles. The first kappa shape index (κ1) is 11.4. The fourth-order valence-corrected chi connectivity index (χ4v) is 1.76. The van der Waals surface area contributed by atoms with E-state index in [9.17, 15) is 4.39 Å². The van der Waals surface area contributed by atoms with E-state index in [1.807, 2.05) is 0 Å². The van der Waals surface area contributed by atoms with Crippen molar-refractivity contribution in [3.63, 3.8) is 0 Å². The van der Waals surface area contributed by atoms with Gasteiger partial charge in [-0.1, -0.05) is 23.4 Å². The Balaban J connectivity index is 2.62. The normalized spacial score (nSPS) is 12.4. The van der Waals surface area contributed by atoms with Crippen LogP contribution in [0.2, 0.25) is 0 Å². The number of benzene rings is 1.